The summed E-state index contributed by atoms with van der Waals surface area (Å²) in [5.74, 6) is 0.544. The third-order valence-electron chi connectivity index (χ3n) is 3.17. The predicted octanol–water partition coefficient (Wildman–Crippen LogP) is 2.25. The van der Waals surface area contributed by atoms with Gasteiger partial charge in [0.05, 0.1) is 6.10 Å². The van der Waals surface area contributed by atoms with Crippen molar-refractivity contribution in [1.82, 2.24) is 4.90 Å². The average molecular weight is 264 g/mol. The molecular formula is C11H22BrNO. The zero-order valence-corrected chi connectivity index (χ0v) is 10.7. The zero-order valence-electron chi connectivity index (χ0n) is 9.08. The summed E-state index contributed by atoms with van der Waals surface area (Å²) < 4.78 is 0. The molecule has 84 valence electrons. The maximum atomic E-state index is 9.45. The number of unbranched alkanes of at least 4 members (excludes halogenated alkanes) is 1. The van der Waals surface area contributed by atoms with E-state index in [9.17, 15) is 5.11 Å². The molecule has 0 bridgehead atoms. The van der Waals surface area contributed by atoms with E-state index < -0.39 is 0 Å². The Balaban J connectivity index is 2.09. The van der Waals surface area contributed by atoms with Crippen molar-refractivity contribution in [3.8, 4) is 0 Å². The lowest BCUT2D eigenvalue weighted by atomic mass is 9.92. The molecule has 0 aromatic rings. The summed E-state index contributed by atoms with van der Waals surface area (Å²) in [6.07, 6.45) is 4.80. The lowest BCUT2D eigenvalue weighted by Gasteiger charge is -2.33. The molecule has 1 saturated heterocycles. The van der Waals surface area contributed by atoms with Gasteiger partial charge >= 0.3 is 0 Å². The second kappa shape index (κ2) is 6.81. The van der Waals surface area contributed by atoms with E-state index in [1.165, 1.54) is 45.3 Å². The third-order valence-corrected chi connectivity index (χ3v) is 3.73. The molecule has 1 N–H and O–H groups in total. The van der Waals surface area contributed by atoms with E-state index in [0.29, 0.717) is 5.92 Å². The minimum Gasteiger partial charge on any atom is -0.393 e. The maximum Gasteiger partial charge on any atom is 0.0541 e. The van der Waals surface area contributed by atoms with Gasteiger partial charge < -0.3 is 10.0 Å². The second-order valence-corrected chi connectivity index (χ2v) is 5.11. The molecule has 0 aromatic heterocycles. The molecule has 0 amide bonds. The molecule has 14 heavy (non-hydrogen) atoms. The lowest BCUT2D eigenvalue weighted by Crippen LogP contribution is -2.37. The van der Waals surface area contributed by atoms with Crippen LogP contribution >= 0.6 is 15.9 Å². The Bertz CT molecular complexity index is 144. The smallest absolute Gasteiger partial charge is 0.0541 e. The predicted molar refractivity (Wildman–Crippen MR) is 63.9 cm³/mol. The van der Waals surface area contributed by atoms with Gasteiger partial charge in [0.25, 0.3) is 0 Å². The Hall–Kier alpha value is 0.400. The van der Waals surface area contributed by atoms with Gasteiger partial charge in [-0.15, -0.1) is 0 Å². The summed E-state index contributed by atoms with van der Waals surface area (Å²) in [6, 6.07) is 0. The van der Waals surface area contributed by atoms with Crippen LogP contribution in [0.25, 0.3) is 0 Å². The van der Waals surface area contributed by atoms with E-state index in [2.05, 4.69) is 20.8 Å². The highest BCUT2D eigenvalue weighted by Crippen LogP contribution is 2.20. The summed E-state index contributed by atoms with van der Waals surface area (Å²) in [7, 11) is 0. The molecule has 0 aromatic carbocycles. The van der Waals surface area contributed by atoms with Crippen molar-refractivity contribution in [1.29, 1.82) is 0 Å². The molecule has 3 heteroatoms. The first-order valence-electron chi connectivity index (χ1n) is 5.70. The number of alkyl halides is 1. The number of rotatable bonds is 5. The highest BCUT2D eigenvalue weighted by Gasteiger charge is 2.21. The van der Waals surface area contributed by atoms with Crippen LogP contribution in [-0.4, -0.2) is 41.1 Å². The Labute approximate surface area is 95.8 Å². The van der Waals surface area contributed by atoms with Crippen molar-refractivity contribution < 1.29 is 5.11 Å². The Morgan fingerprint density at radius 2 is 2.00 bits per heavy atom. The fourth-order valence-electron chi connectivity index (χ4n) is 2.09. The third kappa shape index (κ3) is 4.28. The van der Waals surface area contributed by atoms with Gasteiger partial charge in [-0.25, -0.2) is 0 Å². The molecule has 2 nitrogen and oxygen atoms in total. The SMILES string of the molecule is CC(O)C1CCN(CCCCBr)CC1. The molecule has 1 aliphatic rings. The van der Waals surface area contributed by atoms with Crippen molar-refractivity contribution in [3.63, 3.8) is 0 Å². The first-order chi connectivity index (χ1) is 6.74. The summed E-state index contributed by atoms with van der Waals surface area (Å²) in [5, 5.41) is 10.6. The van der Waals surface area contributed by atoms with E-state index in [1.54, 1.807) is 0 Å². The van der Waals surface area contributed by atoms with Crippen LogP contribution in [0.4, 0.5) is 0 Å². The van der Waals surface area contributed by atoms with Crippen molar-refractivity contribution in [2.45, 2.75) is 38.7 Å². The zero-order chi connectivity index (χ0) is 10.4. The molecule has 1 rings (SSSR count). The molecule has 1 atom stereocenters. The number of aliphatic hydroxyl groups excluding tert-OH is 1. The maximum absolute atomic E-state index is 9.45. The van der Waals surface area contributed by atoms with Gasteiger partial charge in [0.15, 0.2) is 0 Å². The highest BCUT2D eigenvalue weighted by atomic mass is 79.9. The van der Waals surface area contributed by atoms with Crippen molar-refractivity contribution >= 4 is 15.9 Å². The quantitative estimate of drug-likeness (QED) is 0.608. The summed E-state index contributed by atoms with van der Waals surface area (Å²) in [4.78, 5) is 2.53. The van der Waals surface area contributed by atoms with Crippen LogP contribution in [-0.2, 0) is 0 Å². The van der Waals surface area contributed by atoms with E-state index in [1.807, 2.05) is 6.92 Å². The molecule has 1 unspecified atom stereocenters. The topological polar surface area (TPSA) is 23.5 Å². The molecule has 0 spiro atoms. The number of nitrogens with zero attached hydrogens (tertiary/aromatic N) is 1. The van der Waals surface area contributed by atoms with Gasteiger partial charge in [-0.2, -0.15) is 0 Å². The number of piperidine rings is 1. The summed E-state index contributed by atoms with van der Waals surface area (Å²) in [5.41, 5.74) is 0. The first kappa shape index (κ1) is 12.5. The standard InChI is InChI=1S/C11H22BrNO/c1-10(14)11-4-8-13(9-5-11)7-3-2-6-12/h10-11,14H,2-9H2,1H3. The van der Waals surface area contributed by atoms with Crippen LogP contribution in [0, 0.1) is 5.92 Å². The van der Waals surface area contributed by atoms with Crippen LogP contribution in [0.5, 0.6) is 0 Å². The molecule has 1 aliphatic heterocycles. The summed E-state index contributed by atoms with van der Waals surface area (Å²) in [6.45, 7) is 5.51. The van der Waals surface area contributed by atoms with Crippen molar-refractivity contribution in [3.05, 3.63) is 0 Å². The lowest BCUT2D eigenvalue weighted by molar-refractivity contribution is 0.0715. The number of aliphatic hydroxyl groups is 1. The number of likely N-dealkylation sites (tertiary alicyclic amines) is 1. The van der Waals surface area contributed by atoms with Crippen molar-refractivity contribution in [2.24, 2.45) is 5.92 Å². The van der Waals surface area contributed by atoms with Gasteiger partial charge in [0, 0.05) is 5.33 Å². The monoisotopic (exact) mass is 263 g/mol. The van der Waals surface area contributed by atoms with E-state index in [0.717, 1.165) is 5.33 Å². The van der Waals surface area contributed by atoms with Crippen LogP contribution in [0.15, 0.2) is 0 Å². The van der Waals surface area contributed by atoms with Gasteiger partial charge in [-0.3, -0.25) is 0 Å². The van der Waals surface area contributed by atoms with Gasteiger partial charge in [-0.05, 0) is 58.2 Å². The second-order valence-electron chi connectivity index (χ2n) is 4.32. The first-order valence-corrected chi connectivity index (χ1v) is 6.82. The van der Waals surface area contributed by atoms with Gasteiger partial charge in [0.1, 0.15) is 0 Å². The van der Waals surface area contributed by atoms with Crippen molar-refractivity contribution in [2.75, 3.05) is 25.0 Å². The molecule has 0 aliphatic carbocycles. The van der Waals surface area contributed by atoms with Crippen LogP contribution < -0.4 is 0 Å². The minimum absolute atomic E-state index is 0.111. The molecular weight excluding hydrogens is 242 g/mol. The average Bonchev–Trinajstić information content (AvgIpc) is 2.19. The van der Waals surface area contributed by atoms with E-state index in [-0.39, 0.29) is 6.10 Å². The molecule has 0 radical (unpaired) electrons. The minimum atomic E-state index is -0.111. The molecule has 0 saturated carbocycles. The number of hydrogen-bond acceptors (Lipinski definition) is 2. The summed E-state index contributed by atoms with van der Waals surface area (Å²) >= 11 is 3.45. The fraction of sp³-hybridized carbons (Fsp3) is 1.00. The Kier molecular flexibility index (Phi) is 6.06. The highest BCUT2D eigenvalue weighted by molar-refractivity contribution is 9.09. The normalized spacial score (nSPS) is 22.5. The molecule has 1 heterocycles. The number of hydrogen-bond donors (Lipinski definition) is 1. The van der Waals surface area contributed by atoms with Crippen LogP contribution in [0.1, 0.15) is 32.6 Å². The Morgan fingerprint density at radius 1 is 1.36 bits per heavy atom. The van der Waals surface area contributed by atoms with E-state index in [4.69, 9.17) is 0 Å². The van der Waals surface area contributed by atoms with Gasteiger partial charge in [0.2, 0.25) is 0 Å². The van der Waals surface area contributed by atoms with E-state index >= 15 is 0 Å². The molecule has 1 fully saturated rings. The van der Waals surface area contributed by atoms with Crippen LogP contribution in [0.3, 0.4) is 0 Å². The Morgan fingerprint density at radius 3 is 2.50 bits per heavy atom. The number of halogens is 1. The fourth-order valence-corrected chi connectivity index (χ4v) is 2.49. The largest absolute Gasteiger partial charge is 0.393 e. The van der Waals surface area contributed by atoms with Gasteiger partial charge in [-0.1, -0.05) is 15.9 Å². The van der Waals surface area contributed by atoms with Crippen LogP contribution in [0.2, 0.25) is 0 Å².